The van der Waals surface area contributed by atoms with E-state index in [0.29, 0.717) is 12.1 Å². The average Bonchev–Trinajstić information content (AvgIpc) is 2.26. The Balaban J connectivity index is 2.66. The van der Waals surface area contributed by atoms with Gasteiger partial charge in [-0.15, -0.1) is 13.2 Å². The zero-order valence-electron chi connectivity index (χ0n) is 12.0. The van der Waals surface area contributed by atoms with Gasteiger partial charge in [0.1, 0.15) is 5.75 Å². The molecular weight excluding hydrogens is 271 g/mol. The summed E-state index contributed by atoms with van der Waals surface area (Å²) in [5, 5.41) is 3.13. The number of hydrogen-bond donors (Lipinski definition) is 1. The molecule has 6 heteroatoms. The lowest BCUT2D eigenvalue weighted by Gasteiger charge is -2.27. The van der Waals surface area contributed by atoms with E-state index >= 15 is 0 Å². The van der Waals surface area contributed by atoms with E-state index in [4.69, 9.17) is 4.74 Å². The van der Waals surface area contributed by atoms with Crippen LogP contribution < -0.4 is 10.1 Å². The van der Waals surface area contributed by atoms with Crippen LogP contribution in [0.1, 0.15) is 27.2 Å². The Bertz CT molecular complexity index is 433. The molecule has 0 aliphatic rings. The van der Waals surface area contributed by atoms with Crippen LogP contribution in [0, 0.1) is 0 Å². The minimum Gasteiger partial charge on any atom is -0.406 e. The summed E-state index contributed by atoms with van der Waals surface area (Å²) < 4.78 is 45.6. The highest BCUT2D eigenvalue weighted by molar-refractivity contribution is 5.48. The third kappa shape index (κ3) is 6.14. The van der Waals surface area contributed by atoms with Gasteiger partial charge >= 0.3 is 6.36 Å². The zero-order valence-corrected chi connectivity index (χ0v) is 12.0. The van der Waals surface area contributed by atoms with Crippen molar-refractivity contribution in [2.24, 2.45) is 0 Å². The van der Waals surface area contributed by atoms with Gasteiger partial charge in [-0.2, -0.15) is 0 Å². The number of anilines is 1. The summed E-state index contributed by atoms with van der Waals surface area (Å²) in [6, 6.07) is 5.84. The molecule has 1 unspecified atom stereocenters. The lowest BCUT2D eigenvalue weighted by molar-refractivity contribution is -0.274. The van der Waals surface area contributed by atoms with Crippen molar-refractivity contribution in [2.75, 3.05) is 12.4 Å². The monoisotopic (exact) mass is 291 g/mol. The summed E-state index contributed by atoms with van der Waals surface area (Å²) in [6.07, 6.45) is -3.96. The highest BCUT2D eigenvalue weighted by atomic mass is 19.4. The molecule has 0 amide bonds. The molecular formula is C14H20F3NO2. The van der Waals surface area contributed by atoms with Crippen molar-refractivity contribution in [3.05, 3.63) is 24.3 Å². The molecule has 0 saturated carbocycles. The molecule has 0 heterocycles. The van der Waals surface area contributed by atoms with Crippen molar-refractivity contribution in [3.63, 3.8) is 0 Å². The van der Waals surface area contributed by atoms with Crippen LogP contribution in [0.2, 0.25) is 0 Å². The van der Waals surface area contributed by atoms with E-state index in [9.17, 15) is 13.2 Å². The Morgan fingerprint density at radius 2 is 1.90 bits per heavy atom. The first kappa shape index (κ1) is 16.6. The van der Waals surface area contributed by atoms with Gasteiger partial charge in [0.15, 0.2) is 0 Å². The fraction of sp³-hybridized carbons (Fsp3) is 0.571. The van der Waals surface area contributed by atoms with Crippen LogP contribution in [0.15, 0.2) is 24.3 Å². The first-order chi connectivity index (χ1) is 9.11. The summed E-state index contributed by atoms with van der Waals surface area (Å²) >= 11 is 0. The Morgan fingerprint density at radius 1 is 1.25 bits per heavy atom. The number of halogens is 3. The topological polar surface area (TPSA) is 30.5 Å². The molecule has 1 aromatic carbocycles. The van der Waals surface area contributed by atoms with E-state index in [0.717, 1.165) is 0 Å². The molecule has 1 atom stereocenters. The summed E-state index contributed by atoms with van der Waals surface area (Å²) in [6.45, 7) is 5.85. The zero-order chi connectivity index (χ0) is 15.4. The summed E-state index contributed by atoms with van der Waals surface area (Å²) in [4.78, 5) is 0. The fourth-order valence-electron chi connectivity index (χ4n) is 1.94. The summed E-state index contributed by atoms with van der Waals surface area (Å²) in [5.74, 6) is -0.235. The summed E-state index contributed by atoms with van der Waals surface area (Å²) in [5.41, 5.74) is 0.276. The molecule has 0 aliphatic heterocycles. The number of hydrogen-bond acceptors (Lipinski definition) is 3. The number of rotatable bonds is 6. The smallest absolute Gasteiger partial charge is 0.406 e. The lowest BCUT2D eigenvalue weighted by atomic mass is 10.00. The van der Waals surface area contributed by atoms with E-state index < -0.39 is 6.36 Å². The Kier molecular flexibility index (Phi) is 5.28. The minimum atomic E-state index is -4.68. The van der Waals surface area contributed by atoms with Crippen molar-refractivity contribution in [2.45, 2.75) is 45.2 Å². The van der Waals surface area contributed by atoms with Gasteiger partial charge in [-0.05, 0) is 39.3 Å². The molecule has 1 aromatic rings. The van der Waals surface area contributed by atoms with Gasteiger partial charge in [0.2, 0.25) is 0 Å². The predicted molar refractivity (Wildman–Crippen MR) is 71.9 cm³/mol. The van der Waals surface area contributed by atoms with Crippen molar-refractivity contribution < 1.29 is 22.6 Å². The maximum absolute atomic E-state index is 12.1. The second-order valence-electron chi connectivity index (χ2n) is 5.29. The van der Waals surface area contributed by atoms with Crippen molar-refractivity contribution in [3.8, 4) is 5.75 Å². The number of ether oxygens (including phenoxy) is 2. The maximum Gasteiger partial charge on any atom is 0.573 e. The van der Waals surface area contributed by atoms with E-state index in [2.05, 4.69) is 10.1 Å². The van der Waals surface area contributed by atoms with Gasteiger partial charge in [0, 0.05) is 24.9 Å². The molecule has 0 aliphatic carbocycles. The minimum absolute atomic E-state index is 0.0473. The van der Waals surface area contributed by atoms with Crippen molar-refractivity contribution in [1.29, 1.82) is 0 Å². The van der Waals surface area contributed by atoms with Crippen LogP contribution in [-0.2, 0) is 4.74 Å². The Labute approximate surface area is 117 Å². The second-order valence-corrected chi connectivity index (χ2v) is 5.29. The SMILES string of the molecule is COC(C)(C)CC(C)Nc1cccc(OC(F)(F)F)c1. The van der Waals surface area contributed by atoms with Crippen LogP contribution in [0.25, 0.3) is 0 Å². The third-order valence-electron chi connectivity index (χ3n) is 2.83. The molecule has 1 N–H and O–H groups in total. The standard InChI is InChI=1S/C14H20F3NO2/c1-10(9-13(2,3)19-4)18-11-6-5-7-12(8-11)20-14(15,16)17/h5-8,10,18H,9H2,1-4H3. The Morgan fingerprint density at radius 3 is 2.45 bits per heavy atom. The molecule has 0 saturated heterocycles. The van der Waals surface area contributed by atoms with Crippen LogP contribution in [0.4, 0.5) is 18.9 Å². The molecule has 0 spiro atoms. The van der Waals surface area contributed by atoms with Crippen LogP contribution in [0.5, 0.6) is 5.75 Å². The highest BCUT2D eigenvalue weighted by Crippen LogP contribution is 2.26. The Hall–Kier alpha value is -1.43. The summed E-state index contributed by atoms with van der Waals surface area (Å²) in [7, 11) is 1.63. The van der Waals surface area contributed by atoms with Crippen LogP contribution in [-0.4, -0.2) is 25.1 Å². The number of nitrogens with one attached hydrogen (secondary N) is 1. The molecule has 0 fully saturated rings. The number of benzene rings is 1. The normalized spacial score (nSPS) is 13.9. The predicted octanol–water partition coefficient (Wildman–Crippen LogP) is 4.20. The fourth-order valence-corrected chi connectivity index (χ4v) is 1.94. The van der Waals surface area contributed by atoms with Gasteiger partial charge in [0.05, 0.1) is 5.60 Å². The van der Waals surface area contributed by atoms with Gasteiger partial charge in [-0.3, -0.25) is 0 Å². The van der Waals surface area contributed by atoms with Gasteiger partial charge < -0.3 is 14.8 Å². The molecule has 0 radical (unpaired) electrons. The van der Waals surface area contributed by atoms with Gasteiger partial charge in [-0.1, -0.05) is 6.07 Å². The first-order valence-electron chi connectivity index (χ1n) is 6.29. The quantitative estimate of drug-likeness (QED) is 0.852. The third-order valence-corrected chi connectivity index (χ3v) is 2.83. The van der Waals surface area contributed by atoms with E-state index in [1.807, 2.05) is 20.8 Å². The van der Waals surface area contributed by atoms with Crippen molar-refractivity contribution in [1.82, 2.24) is 0 Å². The maximum atomic E-state index is 12.1. The molecule has 1 rings (SSSR count). The first-order valence-corrected chi connectivity index (χ1v) is 6.29. The number of alkyl halides is 3. The highest BCUT2D eigenvalue weighted by Gasteiger charge is 2.31. The number of methoxy groups -OCH3 is 1. The second kappa shape index (κ2) is 6.35. The molecule has 20 heavy (non-hydrogen) atoms. The largest absolute Gasteiger partial charge is 0.573 e. The molecule has 114 valence electrons. The van der Waals surface area contributed by atoms with Crippen LogP contribution >= 0.6 is 0 Å². The van der Waals surface area contributed by atoms with E-state index in [1.54, 1.807) is 13.2 Å². The molecule has 0 bridgehead atoms. The van der Waals surface area contributed by atoms with Crippen LogP contribution in [0.3, 0.4) is 0 Å². The molecule has 3 nitrogen and oxygen atoms in total. The molecule has 0 aromatic heterocycles. The van der Waals surface area contributed by atoms with Crippen molar-refractivity contribution >= 4 is 5.69 Å². The average molecular weight is 291 g/mol. The van der Waals surface area contributed by atoms with Gasteiger partial charge in [0.25, 0.3) is 0 Å². The van der Waals surface area contributed by atoms with E-state index in [1.165, 1.54) is 18.2 Å². The lowest BCUT2D eigenvalue weighted by Crippen LogP contribution is -2.31. The van der Waals surface area contributed by atoms with Gasteiger partial charge in [-0.25, -0.2) is 0 Å². The van der Waals surface area contributed by atoms with E-state index in [-0.39, 0.29) is 17.4 Å².